The average molecular weight is 197 g/mol. The van der Waals surface area contributed by atoms with Crippen molar-refractivity contribution >= 4 is 6.34 Å². The Morgan fingerprint density at radius 1 is 1.29 bits per heavy atom. The molecule has 1 atom stereocenters. The van der Waals surface area contributed by atoms with Crippen molar-refractivity contribution in [1.29, 1.82) is 0 Å². The molecule has 1 aliphatic rings. The highest BCUT2D eigenvalue weighted by molar-refractivity contribution is 5.58. The second kappa shape index (κ2) is 4.20. The van der Waals surface area contributed by atoms with Crippen LogP contribution in [0.3, 0.4) is 0 Å². The van der Waals surface area contributed by atoms with Gasteiger partial charge >= 0.3 is 0 Å². The zero-order valence-corrected chi connectivity index (χ0v) is 10.1. The molecule has 1 rings (SSSR count). The van der Waals surface area contributed by atoms with Crippen molar-refractivity contribution in [2.75, 3.05) is 6.54 Å². The summed E-state index contributed by atoms with van der Waals surface area (Å²) in [5, 5.41) is 6.66. The Balaban J connectivity index is 2.69. The third kappa shape index (κ3) is 2.20. The molecule has 0 N–H and O–H groups in total. The van der Waals surface area contributed by atoms with Crippen LogP contribution in [0.15, 0.2) is 5.10 Å². The van der Waals surface area contributed by atoms with E-state index in [2.05, 4.69) is 49.6 Å². The number of hydrazone groups is 1. The maximum Gasteiger partial charge on any atom is 0.119 e. The van der Waals surface area contributed by atoms with Gasteiger partial charge in [-0.3, -0.25) is 5.01 Å². The molecule has 0 aromatic rings. The molecule has 0 spiro atoms. The van der Waals surface area contributed by atoms with Crippen LogP contribution in [0.4, 0.5) is 0 Å². The molecule has 0 aromatic heterocycles. The summed E-state index contributed by atoms with van der Waals surface area (Å²) in [6.07, 6.45) is 4.72. The van der Waals surface area contributed by atoms with Crippen LogP contribution in [0.2, 0.25) is 0 Å². The minimum absolute atomic E-state index is 0.173. The first-order valence-electron chi connectivity index (χ1n) is 5.60. The van der Waals surface area contributed by atoms with Crippen LogP contribution < -0.4 is 0 Å². The quantitative estimate of drug-likeness (QED) is 0.692. The largest absolute Gasteiger partial charge is 0.335 e. The molecule has 3 nitrogen and oxygen atoms in total. The van der Waals surface area contributed by atoms with Crippen molar-refractivity contribution in [2.24, 2.45) is 5.10 Å². The van der Waals surface area contributed by atoms with Crippen LogP contribution >= 0.6 is 0 Å². The smallest absolute Gasteiger partial charge is 0.119 e. The molecular formula is C11H23N3. The van der Waals surface area contributed by atoms with Gasteiger partial charge in [0.2, 0.25) is 0 Å². The Hall–Kier alpha value is -0.730. The molecule has 0 saturated carbocycles. The van der Waals surface area contributed by atoms with E-state index in [1.807, 2.05) is 6.34 Å². The topological polar surface area (TPSA) is 18.8 Å². The van der Waals surface area contributed by atoms with E-state index in [9.17, 15) is 0 Å². The van der Waals surface area contributed by atoms with E-state index in [1.54, 1.807) is 0 Å². The van der Waals surface area contributed by atoms with Gasteiger partial charge in [-0.15, -0.1) is 0 Å². The molecule has 1 aliphatic heterocycles. The lowest BCUT2D eigenvalue weighted by molar-refractivity contribution is 0.0728. The maximum absolute atomic E-state index is 4.46. The minimum atomic E-state index is 0.173. The normalized spacial score (nSPS) is 22.2. The Kier molecular flexibility index (Phi) is 3.40. The van der Waals surface area contributed by atoms with Gasteiger partial charge in [-0.25, -0.2) is 0 Å². The van der Waals surface area contributed by atoms with Crippen LogP contribution in [0.25, 0.3) is 0 Å². The van der Waals surface area contributed by atoms with Gasteiger partial charge in [0.25, 0.3) is 0 Å². The van der Waals surface area contributed by atoms with Crippen LogP contribution in [0.5, 0.6) is 0 Å². The number of hydrogen-bond donors (Lipinski definition) is 0. The van der Waals surface area contributed by atoms with E-state index >= 15 is 0 Å². The lowest BCUT2D eigenvalue weighted by Gasteiger charge is -2.38. The Labute approximate surface area is 87.8 Å². The summed E-state index contributed by atoms with van der Waals surface area (Å²) >= 11 is 0. The van der Waals surface area contributed by atoms with Crippen LogP contribution in [-0.4, -0.2) is 34.5 Å². The van der Waals surface area contributed by atoms with Crippen LogP contribution in [-0.2, 0) is 0 Å². The summed E-state index contributed by atoms with van der Waals surface area (Å²) in [6, 6.07) is 0. The molecule has 0 fully saturated rings. The van der Waals surface area contributed by atoms with Crippen molar-refractivity contribution in [3.8, 4) is 0 Å². The fraction of sp³-hybridized carbons (Fsp3) is 0.909. The molecule has 0 bridgehead atoms. The summed E-state index contributed by atoms with van der Waals surface area (Å²) < 4.78 is 0. The zero-order valence-electron chi connectivity index (χ0n) is 10.1. The number of hydrogen-bond acceptors (Lipinski definition) is 3. The number of nitrogens with zero attached hydrogens (tertiary/aromatic N) is 3. The summed E-state index contributed by atoms with van der Waals surface area (Å²) in [4.78, 5) is 2.35. The second-order valence-electron chi connectivity index (χ2n) is 4.86. The summed E-state index contributed by atoms with van der Waals surface area (Å²) in [7, 11) is 0. The van der Waals surface area contributed by atoms with Crippen molar-refractivity contribution in [3.63, 3.8) is 0 Å². The first kappa shape index (κ1) is 11.3. The predicted molar refractivity (Wildman–Crippen MR) is 61.2 cm³/mol. The second-order valence-corrected chi connectivity index (χ2v) is 4.86. The Bertz CT molecular complexity index is 205. The highest BCUT2D eigenvalue weighted by Gasteiger charge is 2.32. The molecule has 0 amide bonds. The summed E-state index contributed by atoms with van der Waals surface area (Å²) in [6.45, 7) is 12.2. The van der Waals surface area contributed by atoms with E-state index in [-0.39, 0.29) is 5.54 Å². The molecule has 1 heterocycles. The molecular weight excluding hydrogens is 174 g/mol. The number of rotatable bonds is 3. The first-order chi connectivity index (χ1) is 6.50. The monoisotopic (exact) mass is 197 g/mol. The summed E-state index contributed by atoms with van der Waals surface area (Å²) in [5.41, 5.74) is 0.173. The Morgan fingerprint density at radius 3 is 2.36 bits per heavy atom. The third-order valence-corrected chi connectivity index (χ3v) is 2.58. The molecule has 0 radical (unpaired) electrons. The van der Waals surface area contributed by atoms with Crippen LogP contribution in [0.1, 0.15) is 47.5 Å². The highest BCUT2D eigenvalue weighted by Crippen LogP contribution is 2.24. The molecule has 14 heavy (non-hydrogen) atoms. The lowest BCUT2D eigenvalue weighted by Crippen LogP contribution is -2.49. The molecule has 82 valence electrons. The molecule has 3 heteroatoms. The molecule has 0 aromatic carbocycles. The van der Waals surface area contributed by atoms with Crippen molar-refractivity contribution < 1.29 is 0 Å². The average Bonchev–Trinajstić information content (AvgIpc) is 2.47. The molecule has 1 unspecified atom stereocenters. The van der Waals surface area contributed by atoms with E-state index in [4.69, 9.17) is 0 Å². The first-order valence-corrected chi connectivity index (χ1v) is 5.60. The van der Waals surface area contributed by atoms with Gasteiger partial charge in [-0.2, -0.15) is 5.10 Å². The van der Waals surface area contributed by atoms with Gasteiger partial charge in [0.1, 0.15) is 12.5 Å². The van der Waals surface area contributed by atoms with Gasteiger partial charge in [0.05, 0.1) is 0 Å². The van der Waals surface area contributed by atoms with Gasteiger partial charge in [-0.05, 0) is 33.6 Å². The van der Waals surface area contributed by atoms with Gasteiger partial charge in [-0.1, -0.05) is 13.8 Å². The van der Waals surface area contributed by atoms with Gasteiger partial charge < -0.3 is 4.90 Å². The predicted octanol–water partition coefficient (Wildman–Crippen LogP) is 2.49. The van der Waals surface area contributed by atoms with Gasteiger partial charge in [0, 0.05) is 12.1 Å². The molecule has 0 saturated heterocycles. The van der Waals surface area contributed by atoms with E-state index < -0.39 is 0 Å². The highest BCUT2D eigenvalue weighted by atomic mass is 15.6. The third-order valence-electron chi connectivity index (χ3n) is 2.58. The van der Waals surface area contributed by atoms with E-state index in [0.717, 1.165) is 19.4 Å². The van der Waals surface area contributed by atoms with Crippen molar-refractivity contribution in [2.45, 2.75) is 59.2 Å². The Morgan fingerprint density at radius 2 is 1.93 bits per heavy atom. The lowest BCUT2D eigenvalue weighted by atomic mass is 10.1. The standard InChI is InChI=1S/C11H23N3/c1-6-8-14-10(7-2)13(9-12-14)11(3,4)5/h9-10H,6-8H2,1-5H3. The zero-order chi connectivity index (χ0) is 10.8. The molecule has 0 aliphatic carbocycles. The van der Waals surface area contributed by atoms with Crippen molar-refractivity contribution in [1.82, 2.24) is 9.91 Å². The fourth-order valence-electron chi connectivity index (χ4n) is 1.88. The fourth-order valence-corrected chi connectivity index (χ4v) is 1.88. The van der Waals surface area contributed by atoms with Crippen molar-refractivity contribution in [3.05, 3.63) is 0 Å². The van der Waals surface area contributed by atoms with E-state index in [0.29, 0.717) is 6.17 Å². The van der Waals surface area contributed by atoms with Gasteiger partial charge in [0.15, 0.2) is 0 Å². The minimum Gasteiger partial charge on any atom is -0.335 e. The maximum atomic E-state index is 4.46. The summed E-state index contributed by atoms with van der Waals surface area (Å²) in [5.74, 6) is 0. The SMILES string of the molecule is CCCN1N=CN(C(C)(C)C)C1CC. The van der Waals surface area contributed by atoms with E-state index in [1.165, 1.54) is 0 Å². The van der Waals surface area contributed by atoms with Crippen LogP contribution in [0, 0.1) is 0 Å².